The lowest BCUT2D eigenvalue weighted by Crippen LogP contribution is -2.38. The summed E-state index contributed by atoms with van der Waals surface area (Å²) in [5, 5.41) is 4.37. The van der Waals surface area contributed by atoms with Crippen molar-refractivity contribution in [1.82, 2.24) is 10.2 Å². The minimum atomic E-state index is -4.46. The number of carbonyl (C=O) groups is 2. The predicted octanol–water partition coefficient (Wildman–Crippen LogP) is 5.24. The van der Waals surface area contributed by atoms with Crippen LogP contribution >= 0.6 is 11.6 Å². The fourth-order valence-corrected chi connectivity index (χ4v) is 5.50. The zero-order valence-electron chi connectivity index (χ0n) is 21.1. The molecule has 2 aliphatic rings. The average Bonchev–Trinajstić information content (AvgIpc) is 3.00. The monoisotopic (exact) mass is 532 g/mol. The molecule has 1 amide bonds. The Bertz CT molecular complexity index is 1270. The highest BCUT2D eigenvalue weighted by atomic mass is 35.5. The third kappa shape index (κ3) is 6.95. The number of hydrogen-bond donors (Lipinski definition) is 1. The van der Waals surface area contributed by atoms with E-state index < -0.39 is 18.6 Å². The summed E-state index contributed by atoms with van der Waals surface area (Å²) < 4.78 is 37.8. The zero-order chi connectivity index (χ0) is 26.7. The number of Topliss-reactive ketones (excluding diaryl/α,β-unsaturated/α-hetero) is 1. The van der Waals surface area contributed by atoms with Gasteiger partial charge < -0.3 is 10.2 Å². The molecule has 0 radical (unpaired) electrons. The van der Waals surface area contributed by atoms with Gasteiger partial charge in [0.2, 0.25) is 0 Å². The van der Waals surface area contributed by atoms with Gasteiger partial charge in [0.15, 0.2) is 5.78 Å². The third-order valence-electron chi connectivity index (χ3n) is 7.43. The van der Waals surface area contributed by atoms with E-state index in [0.717, 1.165) is 49.1 Å². The smallest absolute Gasteiger partial charge is 0.374 e. The normalized spacial score (nSPS) is 21.8. The number of fused-ring (bicyclic) bond motifs is 1. The largest absolute Gasteiger partial charge is 0.405 e. The van der Waals surface area contributed by atoms with Crippen LogP contribution in [0, 0.1) is 18.8 Å². The van der Waals surface area contributed by atoms with E-state index in [-0.39, 0.29) is 23.3 Å². The van der Waals surface area contributed by atoms with Crippen LogP contribution < -0.4 is 15.8 Å². The molecule has 4 nitrogen and oxygen atoms in total. The van der Waals surface area contributed by atoms with Crippen molar-refractivity contribution in [2.45, 2.75) is 58.2 Å². The first-order valence-corrected chi connectivity index (χ1v) is 13.1. The van der Waals surface area contributed by atoms with Crippen molar-refractivity contribution >= 4 is 35.6 Å². The van der Waals surface area contributed by atoms with Crippen molar-refractivity contribution in [2.24, 2.45) is 11.8 Å². The van der Waals surface area contributed by atoms with Gasteiger partial charge >= 0.3 is 6.18 Å². The van der Waals surface area contributed by atoms with E-state index in [1.165, 1.54) is 0 Å². The molecule has 0 bridgehead atoms. The fourth-order valence-electron chi connectivity index (χ4n) is 5.37. The van der Waals surface area contributed by atoms with Crippen molar-refractivity contribution < 1.29 is 22.8 Å². The highest BCUT2D eigenvalue weighted by Crippen LogP contribution is 2.33. The Morgan fingerprint density at radius 2 is 1.84 bits per heavy atom. The molecule has 8 heteroatoms. The Labute approximate surface area is 220 Å². The summed E-state index contributed by atoms with van der Waals surface area (Å²) in [6.45, 7) is 3.30. The van der Waals surface area contributed by atoms with E-state index in [2.05, 4.69) is 17.9 Å². The molecule has 1 aliphatic carbocycles. The zero-order valence-corrected chi connectivity index (χ0v) is 21.8. The first-order valence-electron chi connectivity index (χ1n) is 12.7. The van der Waals surface area contributed by atoms with E-state index in [1.54, 1.807) is 37.3 Å². The molecule has 1 fully saturated rings. The van der Waals surface area contributed by atoms with Crippen LogP contribution in [0.3, 0.4) is 0 Å². The second-order valence-electron chi connectivity index (χ2n) is 10.3. The Hall–Kier alpha value is -2.80. The van der Waals surface area contributed by atoms with E-state index in [0.29, 0.717) is 22.1 Å². The Kier molecular flexibility index (Phi) is 8.32. The van der Waals surface area contributed by atoms with Crippen LogP contribution in [0.15, 0.2) is 36.4 Å². The van der Waals surface area contributed by atoms with Gasteiger partial charge in [-0.05, 0) is 91.8 Å². The van der Waals surface area contributed by atoms with Crippen LogP contribution in [-0.2, 0) is 0 Å². The van der Waals surface area contributed by atoms with Crippen molar-refractivity contribution in [2.75, 3.05) is 13.1 Å². The second kappa shape index (κ2) is 11.3. The number of rotatable bonds is 6. The molecule has 0 aromatic heterocycles. The topological polar surface area (TPSA) is 49.4 Å². The summed E-state index contributed by atoms with van der Waals surface area (Å²) in [4.78, 5) is 27.9. The number of nitrogens with one attached hydrogen (secondary N) is 1. The molecule has 2 aromatic rings. The first-order chi connectivity index (χ1) is 17.5. The molecule has 1 saturated carbocycles. The number of amides is 1. The second-order valence-corrected chi connectivity index (χ2v) is 10.7. The van der Waals surface area contributed by atoms with Gasteiger partial charge in [0.05, 0.1) is 0 Å². The molecule has 0 spiro atoms. The molecular weight excluding hydrogens is 501 g/mol. The maximum absolute atomic E-state index is 13.1. The molecule has 3 atom stereocenters. The van der Waals surface area contributed by atoms with Crippen molar-refractivity contribution in [1.29, 1.82) is 0 Å². The summed E-state index contributed by atoms with van der Waals surface area (Å²) in [7, 11) is 0. The Balaban J connectivity index is 1.52. The van der Waals surface area contributed by atoms with Gasteiger partial charge in [-0.1, -0.05) is 30.2 Å². The lowest BCUT2D eigenvalue weighted by molar-refractivity contribution is -0.123. The molecule has 3 unspecified atom stereocenters. The maximum atomic E-state index is 13.1. The van der Waals surface area contributed by atoms with E-state index >= 15 is 0 Å². The number of ketones is 1. The van der Waals surface area contributed by atoms with Crippen LogP contribution in [0.1, 0.15) is 65.3 Å². The van der Waals surface area contributed by atoms with E-state index in [9.17, 15) is 22.8 Å². The van der Waals surface area contributed by atoms with Crippen LogP contribution in [0.5, 0.6) is 0 Å². The number of carbonyl (C=O) groups excluding carboxylic acids is 2. The molecule has 1 N–H and O–H groups in total. The molecule has 1 heterocycles. The number of halogens is 4. The highest BCUT2D eigenvalue weighted by molar-refractivity contribution is 6.30. The van der Waals surface area contributed by atoms with Crippen LogP contribution in [-0.4, -0.2) is 41.9 Å². The van der Waals surface area contributed by atoms with Crippen LogP contribution in [0.25, 0.3) is 12.3 Å². The molecule has 4 rings (SSSR count). The Morgan fingerprint density at radius 3 is 2.54 bits per heavy atom. The van der Waals surface area contributed by atoms with Gasteiger partial charge in [-0.3, -0.25) is 9.59 Å². The van der Waals surface area contributed by atoms with Gasteiger partial charge in [-0.2, -0.15) is 13.2 Å². The van der Waals surface area contributed by atoms with Crippen LogP contribution in [0.4, 0.5) is 13.2 Å². The summed E-state index contributed by atoms with van der Waals surface area (Å²) in [6.07, 6.45) is 4.20. The average molecular weight is 533 g/mol. The van der Waals surface area contributed by atoms with Gasteiger partial charge in [0.25, 0.3) is 5.91 Å². The van der Waals surface area contributed by atoms with Crippen molar-refractivity contribution in [3.05, 3.63) is 68.5 Å². The number of benzene rings is 2. The number of nitrogens with zero attached hydrogens (tertiary/aromatic N) is 1. The van der Waals surface area contributed by atoms with Gasteiger partial charge in [-0.15, -0.1) is 0 Å². The van der Waals surface area contributed by atoms with E-state index in [4.69, 9.17) is 11.6 Å². The summed E-state index contributed by atoms with van der Waals surface area (Å²) in [5.74, 6) is -0.244. The molecule has 2 aromatic carbocycles. The first kappa shape index (κ1) is 27.2. The van der Waals surface area contributed by atoms with Gasteiger partial charge in [0.1, 0.15) is 6.54 Å². The van der Waals surface area contributed by atoms with Crippen molar-refractivity contribution in [3.63, 3.8) is 0 Å². The highest BCUT2D eigenvalue weighted by Gasteiger charge is 2.30. The van der Waals surface area contributed by atoms with Gasteiger partial charge in [0, 0.05) is 40.9 Å². The minimum absolute atomic E-state index is 0.0207. The lowest BCUT2D eigenvalue weighted by Gasteiger charge is -2.35. The number of alkyl halides is 3. The third-order valence-corrected chi connectivity index (χ3v) is 7.68. The molecular formula is C29H32ClF3N2O2. The van der Waals surface area contributed by atoms with E-state index in [1.807, 2.05) is 17.6 Å². The number of hydrogen-bond acceptors (Lipinski definition) is 3. The summed E-state index contributed by atoms with van der Waals surface area (Å²) in [6, 6.07) is 10.8. The quantitative estimate of drug-likeness (QED) is 0.517. The predicted molar refractivity (Wildman–Crippen MR) is 140 cm³/mol. The Morgan fingerprint density at radius 1 is 1.11 bits per heavy atom. The maximum Gasteiger partial charge on any atom is 0.405 e. The summed E-state index contributed by atoms with van der Waals surface area (Å²) in [5.41, 5.74) is 1.58. The minimum Gasteiger partial charge on any atom is -0.374 e. The van der Waals surface area contributed by atoms with Crippen LogP contribution in [0.2, 0.25) is 5.02 Å². The number of aryl methyl sites for hydroxylation is 1. The molecule has 198 valence electrons. The SMILES string of the molecule is Cc1cc2c(cc1C(=O)NCC(F)(F)F)=CN(CC1CCCC(C(=O)c3ccc(Cl)cc3)C1)C(C)CC=2. The standard InChI is InChI=1S/C29H32ClF3N2O2/c1-18-12-22-7-6-19(2)35(16-24(22)14-26(18)28(37)34-17-29(31,32)33)15-20-4-3-5-23(13-20)27(36)21-8-10-25(30)11-9-21/h7-12,14,16,19-20,23H,3-6,13,15,17H2,1-2H3,(H,34,37). The molecule has 0 saturated heterocycles. The van der Waals surface area contributed by atoms with Crippen molar-refractivity contribution in [3.8, 4) is 0 Å². The molecule has 1 aliphatic heterocycles. The lowest BCUT2D eigenvalue weighted by atomic mass is 9.77. The van der Waals surface area contributed by atoms with Gasteiger partial charge in [-0.25, -0.2) is 0 Å². The summed E-state index contributed by atoms with van der Waals surface area (Å²) >= 11 is 5.98. The molecule has 37 heavy (non-hydrogen) atoms. The fraction of sp³-hybridized carbons (Fsp3) is 0.448.